The van der Waals surface area contributed by atoms with Crippen molar-refractivity contribution in [2.75, 3.05) is 30.4 Å². The zero-order chi connectivity index (χ0) is 18.6. The van der Waals surface area contributed by atoms with Gasteiger partial charge in [-0.05, 0) is 25.0 Å². The van der Waals surface area contributed by atoms with Crippen LogP contribution in [0.3, 0.4) is 0 Å². The molecule has 6 N–H and O–H groups in total. The molecule has 0 fully saturated rings. The molecule has 0 aliphatic carbocycles. The van der Waals surface area contributed by atoms with Crippen molar-refractivity contribution in [3.8, 4) is 0 Å². The molecule has 2 aromatic heterocycles. The van der Waals surface area contributed by atoms with E-state index in [1.807, 2.05) is 0 Å². The fourth-order valence-corrected chi connectivity index (χ4v) is 3.41. The highest BCUT2D eigenvalue weighted by Crippen LogP contribution is 2.32. The molecule has 1 unspecified atom stereocenters. The Kier molecular flexibility index (Phi) is 5.70. The van der Waals surface area contributed by atoms with Crippen LogP contribution >= 0.6 is 11.3 Å². The zero-order valence-electron chi connectivity index (χ0n) is 13.4. The predicted molar refractivity (Wildman–Crippen MR) is 94.6 cm³/mol. The maximum atomic E-state index is 11.1. The van der Waals surface area contributed by atoms with Gasteiger partial charge in [0, 0.05) is 22.4 Å². The molecule has 0 saturated heterocycles. The average molecular weight is 366 g/mol. The number of carboxylic acids is 1. The Hall–Kier alpha value is -2.95. The molecule has 11 heteroatoms. The molecule has 25 heavy (non-hydrogen) atoms. The van der Waals surface area contributed by atoms with Gasteiger partial charge in [0.2, 0.25) is 12.5 Å². The Morgan fingerprint density at radius 2 is 2.16 bits per heavy atom. The predicted octanol–water partition coefficient (Wildman–Crippen LogP) is 1.44. The number of nitrogen functional groups attached to an aromatic ring is 2. The van der Waals surface area contributed by atoms with Gasteiger partial charge in [-0.3, -0.25) is 10.1 Å². The minimum atomic E-state index is -0.994. The largest absolute Gasteiger partial charge is 0.477 e. The van der Waals surface area contributed by atoms with Gasteiger partial charge in [-0.2, -0.15) is 9.97 Å². The van der Waals surface area contributed by atoms with Crippen LogP contribution in [0.25, 0.3) is 0 Å². The molecule has 0 aliphatic heterocycles. The summed E-state index contributed by atoms with van der Waals surface area (Å²) in [4.78, 5) is 30.6. The number of nitrogens with two attached hydrogens (primary N) is 2. The van der Waals surface area contributed by atoms with Gasteiger partial charge in [-0.25, -0.2) is 4.79 Å². The van der Waals surface area contributed by atoms with Gasteiger partial charge in [0.15, 0.2) is 0 Å². The normalized spacial score (nSPS) is 11.9. The van der Waals surface area contributed by atoms with Gasteiger partial charge in [-0.15, -0.1) is 11.3 Å². The highest BCUT2D eigenvalue weighted by atomic mass is 32.1. The van der Waals surface area contributed by atoms with Crippen LogP contribution in [0.1, 0.15) is 32.5 Å². The number of aromatic nitrogens is 2. The first-order valence-corrected chi connectivity index (χ1v) is 8.18. The summed E-state index contributed by atoms with van der Waals surface area (Å²) in [6.07, 6.45) is 0.871. The van der Waals surface area contributed by atoms with Crippen molar-refractivity contribution in [3.63, 3.8) is 0 Å². The number of rotatable bonds is 8. The Balaban J connectivity index is 2.27. The van der Waals surface area contributed by atoms with Crippen LogP contribution in [0.15, 0.2) is 12.1 Å². The summed E-state index contributed by atoms with van der Waals surface area (Å²) < 4.78 is 0. The highest BCUT2D eigenvalue weighted by Gasteiger charge is 2.26. The molecular formula is C14H18N6O4S. The second-order valence-corrected chi connectivity index (χ2v) is 6.47. The number of thiophene rings is 1. The lowest BCUT2D eigenvalue weighted by Gasteiger charge is -2.18. The molecule has 0 bridgehead atoms. The smallest absolute Gasteiger partial charge is 0.345 e. The number of aromatic carboxylic acids is 1. The van der Waals surface area contributed by atoms with Crippen molar-refractivity contribution in [3.05, 3.63) is 37.6 Å². The minimum Gasteiger partial charge on any atom is -0.477 e. The number of hydrogen-bond donors (Lipinski definition) is 4. The fourth-order valence-electron chi connectivity index (χ4n) is 2.55. The molecule has 0 radical (unpaired) electrons. The third-order valence-electron chi connectivity index (χ3n) is 3.62. The summed E-state index contributed by atoms with van der Waals surface area (Å²) in [7, 11) is 1.62. The standard InChI is InChI=1S/C14H18N6O4S/c1-17-12-10(11(15)18-14(16)19-12)7(6-20(23)24)2-3-8-4-5-9(25-8)13(21)22/h4-5,7H,2-3,6H2,1H3,(H,21,22)(H5,15,16,17,18,19). The van der Waals surface area contributed by atoms with Crippen molar-refractivity contribution in [2.45, 2.75) is 18.8 Å². The van der Waals surface area contributed by atoms with Crippen LogP contribution in [0, 0.1) is 10.1 Å². The van der Waals surface area contributed by atoms with Crippen LogP contribution < -0.4 is 16.8 Å². The topological polar surface area (TPSA) is 170 Å². The van der Waals surface area contributed by atoms with Crippen molar-refractivity contribution < 1.29 is 14.8 Å². The molecule has 0 aliphatic rings. The number of anilines is 3. The van der Waals surface area contributed by atoms with E-state index in [0.717, 1.165) is 16.2 Å². The van der Waals surface area contributed by atoms with Crippen molar-refractivity contribution in [2.24, 2.45) is 0 Å². The van der Waals surface area contributed by atoms with E-state index in [9.17, 15) is 14.9 Å². The van der Waals surface area contributed by atoms with Crippen LogP contribution in [0.2, 0.25) is 0 Å². The number of aryl methyl sites for hydroxylation is 1. The Bertz CT molecular complexity index is 794. The summed E-state index contributed by atoms with van der Waals surface area (Å²) in [6, 6.07) is 3.23. The van der Waals surface area contributed by atoms with Gasteiger partial charge in [-0.1, -0.05) is 0 Å². The molecule has 2 aromatic rings. The zero-order valence-corrected chi connectivity index (χ0v) is 14.2. The van der Waals surface area contributed by atoms with Gasteiger partial charge in [0.05, 0.1) is 5.92 Å². The number of carbonyl (C=O) groups is 1. The quantitative estimate of drug-likeness (QED) is 0.398. The highest BCUT2D eigenvalue weighted by molar-refractivity contribution is 7.13. The van der Waals surface area contributed by atoms with Crippen molar-refractivity contribution >= 4 is 34.9 Å². The first-order valence-electron chi connectivity index (χ1n) is 7.36. The van der Waals surface area contributed by atoms with E-state index in [1.165, 1.54) is 6.07 Å². The minimum absolute atomic E-state index is 0.0187. The molecule has 0 aromatic carbocycles. The third kappa shape index (κ3) is 4.53. The van der Waals surface area contributed by atoms with Crippen LogP contribution in [0.5, 0.6) is 0 Å². The summed E-state index contributed by atoms with van der Waals surface area (Å²) in [6.45, 7) is -0.344. The Morgan fingerprint density at radius 1 is 1.44 bits per heavy atom. The maximum absolute atomic E-state index is 11.1. The van der Waals surface area contributed by atoms with Crippen molar-refractivity contribution in [1.29, 1.82) is 0 Å². The Morgan fingerprint density at radius 3 is 2.72 bits per heavy atom. The third-order valence-corrected chi connectivity index (χ3v) is 4.75. The first-order chi connectivity index (χ1) is 11.8. The molecule has 2 heterocycles. The first kappa shape index (κ1) is 18.4. The Labute approximate surface area is 147 Å². The van der Waals surface area contributed by atoms with Crippen LogP contribution in [0.4, 0.5) is 17.6 Å². The van der Waals surface area contributed by atoms with Gasteiger partial charge >= 0.3 is 5.97 Å². The molecule has 2 rings (SSSR count). The lowest BCUT2D eigenvalue weighted by Crippen LogP contribution is -2.19. The van der Waals surface area contributed by atoms with Crippen molar-refractivity contribution in [1.82, 2.24) is 9.97 Å². The number of nitro groups is 1. The van der Waals surface area contributed by atoms with Crippen LogP contribution in [-0.4, -0.2) is 39.6 Å². The van der Waals surface area contributed by atoms with E-state index in [4.69, 9.17) is 16.6 Å². The molecule has 0 amide bonds. The number of carboxylic acid groups (broad SMARTS) is 1. The SMILES string of the molecule is CNc1nc(N)nc(N)c1C(CCc1ccc(C(=O)O)s1)C[N+](=O)[O-]. The van der Waals surface area contributed by atoms with E-state index in [2.05, 4.69) is 15.3 Å². The average Bonchev–Trinajstić information content (AvgIpc) is 2.99. The summed E-state index contributed by atoms with van der Waals surface area (Å²) in [5.74, 6) is -1.09. The van der Waals surface area contributed by atoms with E-state index >= 15 is 0 Å². The molecule has 10 nitrogen and oxygen atoms in total. The lowest BCUT2D eigenvalue weighted by atomic mass is 9.94. The fraction of sp³-hybridized carbons (Fsp3) is 0.357. The van der Waals surface area contributed by atoms with E-state index in [-0.39, 0.29) is 23.2 Å². The maximum Gasteiger partial charge on any atom is 0.345 e. The van der Waals surface area contributed by atoms with Gasteiger partial charge in [0.1, 0.15) is 16.5 Å². The monoisotopic (exact) mass is 366 g/mol. The second-order valence-electron chi connectivity index (χ2n) is 5.30. The molecule has 134 valence electrons. The van der Waals surface area contributed by atoms with E-state index < -0.39 is 16.8 Å². The molecule has 0 saturated carbocycles. The molecule has 0 spiro atoms. The van der Waals surface area contributed by atoms with Crippen LogP contribution in [-0.2, 0) is 6.42 Å². The second kappa shape index (κ2) is 7.75. The summed E-state index contributed by atoms with van der Waals surface area (Å²) in [5, 5.41) is 22.9. The summed E-state index contributed by atoms with van der Waals surface area (Å²) in [5.41, 5.74) is 11.9. The number of nitrogens with one attached hydrogen (secondary N) is 1. The van der Waals surface area contributed by atoms with E-state index in [1.54, 1.807) is 13.1 Å². The van der Waals surface area contributed by atoms with Gasteiger partial charge in [0.25, 0.3) is 0 Å². The van der Waals surface area contributed by atoms with Gasteiger partial charge < -0.3 is 21.9 Å². The number of nitrogens with zero attached hydrogens (tertiary/aromatic N) is 3. The van der Waals surface area contributed by atoms with E-state index in [0.29, 0.717) is 24.2 Å². The summed E-state index contributed by atoms with van der Waals surface area (Å²) >= 11 is 1.15. The number of hydrogen-bond acceptors (Lipinski definition) is 9. The lowest BCUT2D eigenvalue weighted by molar-refractivity contribution is -0.483. The molecular weight excluding hydrogens is 348 g/mol. The molecule has 1 atom stereocenters.